The van der Waals surface area contributed by atoms with Crippen LogP contribution in [0, 0.1) is 0 Å². The van der Waals surface area contributed by atoms with E-state index < -0.39 is 0 Å². The van der Waals surface area contributed by atoms with Crippen LogP contribution in [-0.2, 0) is 0 Å². The average Bonchev–Trinajstić information content (AvgIpc) is 2.55. The Morgan fingerprint density at radius 3 is 2.58 bits per heavy atom. The summed E-state index contributed by atoms with van der Waals surface area (Å²) in [5.74, 6) is 0.569. The Kier molecular flexibility index (Phi) is 7.09. The Balaban J connectivity index is 1.91. The summed E-state index contributed by atoms with van der Waals surface area (Å²) < 4.78 is 6.37. The highest BCUT2D eigenvalue weighted by molar-refractivity contribution is 9.10. The van der Waals surface area contributed by atoms with Crippen molar-refractivity contribution in [3.8, 4) is 5.75 Å². The number of ether oxygens (including phenoxy) is 1. The molecule has 0 aliphatic carbocycles. The molecule has 24 heavy (non-hydrogen) atoms. The summed E-state index contributed by atoms with van der Waals surface area (Å²) in [6.07, 6.45) is 0.967. The van der Waals surface area contributed by atoms with E-state index in [0.29, 0.717) is 27.4 Å². The zero-order valence-corrected chi connectivity index (χ0v) is 16.0. The molecule has 2 aromatic carbocycles. The van der Waals surface area contributed by atoms with Crippen LogP contribution in [-0.4, -0.2) is 38.1 Å². The van der Waals surface area contributed by atoms with Crippen molar-refractivity contribution in [1.82, 2.24) is 4.90 Å². The molecule has 1 amide bonds. The number of carbonyl (C=O) groups excluding carboxylic acids is 1. The first-order valence-corrected chi connectivity index (χ1v) is 8.77. The Morgan fingerprint density at radius 1 is 1.21 bits per heavy atom. The van der Waals surface area contributed by atoms with Gasteiger partial charge in [-0.3, -0.25) is 4.79 Å². The normalized spacial score (nSPS) is 10.7. The summed E-state index contributed by atoms with van der Waals surface area (Å²) in [5, 5.41) is 3.36. The predicted octanol–water partition coefficient (Wildman–Crippen LogP) is 4.69. The van der Waals surface area contributed by atoms with Crippen LogP contribution in [0.15, 0.2) is 46.9 Å². The molecule has 2 rings (SSSR count). The molecule has 0 unspecified atom stereocenters. The largest absolute Gasteiger partial charge is 0.494 e. The van der Waals surface area contributed by atoms with Gasteiger partial charge in [0.25, 0.3) is 5.91 Å². The zero-order chi connectivity index (χ0) is 17.5. The van der Waals surface area contributed by atoms with Crippen LogP contribution in [0.2, 0.25) is 5.02 Å². The highest BCUT2D eigenvalue weighted by Gasteiger charge is 2.11. The van der Waals surface area contributed by atoms with Crippen molar-refractivity contribution < 1.29 is 9.53 Å². The van der Waals surface area contributed by atoms with E-state index in [1.807, 2.05) is 38.4 Å². The predicted molar refractivity (Wildman–Crippen MR) is 102 cm³/mol. The van der Waals surface area contributed by atoms with E-state index in [9.17, 15) is 4.79 Å². The Morgan fingerprint density at radius 2 is 1.92 bits per heavy atom. The van der Waals surface area contributed by atoms with E-state index >= 15 is 0 Å². The van der Waals surface area contributed by atoms with Gasteiger partial charge in [-0.15, -0.1) is 0 Å². The maximum absolute atomic E-state index is 12.3. The fraction of sp³-hybridized carbons (Fsp3) is 0.278. The van der Waals surface area contributed by atoms with E-state index in [4.69, 9.17) is 16.3 Å². The van der Waals surface area contributed by atoms with Gasteiger partial charge in [-0.1, -0.05) is 11.6 Å². The summed E-state index contributed by atoms with van der Waals surface area (Å²) in [5.41, 5.74) is 1.19. The molecule has 0 heterocycles. The summed E-state index contributed by atoms with van der Waals surface area (Å²) in [7, 11) is 4.07. The second-order valence-electron chi connectivity index (χ2n) is 5.61. The molecule has 0 radical (unpaired) electrons. The van der Waals surface area contributed by atoms with E-state index in [0.717, 1.165) is 18.7 Å². The van der Waals surface area contributed by atoms with Crippen LogP contribution in [0.25, 0.3) is 0 Å². The minimum Gasteiger partial charge on any atom is -0.494 e. The molecule has 0 spiro atoms. The number of benzene rings is 2. The molecule has 0 aliphatic heterocycles. The summed E-state index contributed by atoms with van der Waals surface area (Å²) in [6.45, 7) is 1.65. The van der Waals surface area contributed by atoms with Crippen molar-refractivity contribution in [3.63, 3.8) is 0 Å². The fourth-order valence-corrected chi connectivity index (χ4v) is 2.67. The fourth-order valence-electron chi connectivity index (χ4n) is 2.08. The quantitative estimate of drug-likeness (QED) is 0.672. The second-order valence-corrected chi connectivity index (χ2v) is 6.90. The second kappa shape index (κ2) is 9.06. The molecule has 0 aromatic heterocycles. The smallest absolute Gasteiger partial charge is 0.256 e. The van der Waals surface area contributed by atoms with Crippen molar-refractivity contribution in [2.75, 3.05) is 32.6 Å². The number of hydrogen-bond acceptors (Lipinski definition) is 3. The third-order valence-corrected chi connectivity index (χ3v) is 4.23. The molecule has 128 valence electrons. The highest BCUT2D eigenvalue weighted by Crippen LogP contribution is 2.23. The van der Waals surface area contributed by atoms with Gasteiger partial charge in [0.2, 0.25) is 0 Å². The number of halogens is 2. The molecular formula is C18H20BrClN2O2. The highest BCUT2D eigenvalue weighted by atomic mass is 79.9. The lowest BCUT2D eigenvalue weighted by Gasteiger charge is -2.11. The van der Waals surface area contributed by atoms with Gasteiger partial charge in [-0.25, -0.2) is 0 Å². The van der Waals surface area contributed by atoms with Crippen LogP contribution >= 0.6 is 27.5 Å². The lowest BCUT2D eigenvalue weighted by molar-refractivity contribution is 0.102. The molecule has 2 aromatic rings. The van der Waals surface area contributed by atoms with E-state index in [1.54, 1.807) is 18.2 Å². The molecule has 0 saturated carbocycles. The minimum absolute atomic E-state index is 0.218. The van der Waals surface area contributed by atoms with Crippen molar-refractivity contribution in [1.29, 1.82) is 0 Å². The minimum atomic E-state index is -0.218. The molecule has 0 aliphatic rings. The van der Waals surface area contributed by atoms with Gasteiger partial charge in [-0.2, -0.15) is 0 Å². The number of carbonyl (C=O) groups is 1. The van der Waals surface area contributed by atoms with Crippen molar-refractivity contribution >= 4 is 39.1 Å². The van der Waals surface area contributed by atoms with Crippen LogP contribution in [0.5, 0.6) is 5.75 Å². The number of rotatable bonds is 7. The first-order chi connectivity index (χ1) is 11.5. The molecular weight excluding hydrogens is 392 g/mol. The van der Waals surface area contributed by atoms with Crippen LogP contribution in [0.3, 0.4) is 0 Å². The standard InChI is InChI=1S/C18H20BrClN2O2/c1-22(2)10-3-11-24-15-7-5-14(6-8-15)21-18(23)16-12-13(20)4-9-17(16)19/h4-9,12H,3,10-11H2,1-2H3,(H,21,23). The Hall–Kier alpha value is -1.56. The number of amides is 1. The van der Waals surface area contributed by atoms with E-state index in [-0.39, 0.29) is 5.91 Å². The maximum Gasteiger partial charge on any atom is 0.256 e. The zero-order valence-electron chi connectivity index (χ0n) is 13.7. The summed E-state index contributed by atoms with van der Waals surface area (Å²) in [6, 6.07) is 12.4. The van der Waals surface area contributed by atoms with E-state index in [1.165, 1.54) is 0 Å². The molecule has 0 atom stereocenters. The SMILES string of the molecule is CN(C)CCCOc1ccc(NC(=O)c2cc(Cl)ccc2Br)cc1. The Bertz CT molecular complexity index is 690. The number of anilines is 1. The van der Waals surface area contributed by atoms with Crippen LogP contribution < -0.4 is 10.1 Å². The van der Waals surface area contributed by atoms with Crippen LogP contribution in [0.4, 0.5) is 5.69 Å². The number of nitrogens with one attached hydrogen (secondary N) is 1. The van der Waals surface area contributed by atoms with E-state index in [2.05, 4.69) is 26.1 Å². The summed E-state index contributed by atoms with van der Waals surface area (Å²) >= 11 is 9.30. The monoisotopic (exact) mass is 410 g/mol. The number of hydrogen-bond donors (Lipinski definition) is 1. The summed E-state index contributed by atoms with van der Waals surface area (Å²) in [4.78, 5) is 14.4. The average molecular weight is 412 g/mol. The lowest BCUT2D eigenvalue weighted by Crippen LogP contribution is -2.15. The molecule has 6 heteroatoms. The number of nitrogens with zero attached hydrogens (tertiary/aromatic N) is 1. The molecule has 0 fully saturated rings. The Labute approximate surface area is 155 Å². The van der Waals surface area contributed by atoms with Crippen molar-refractivity contribution in [3.05, 3.63) is 57.5 Å². The molecule has 1 N–H and O–H groups in total. The third-order valence-electron chi connectivity index (χ3n) is 3.30. The van der Waals surface area contributed by atoms with Gasteiger partial charge in [0.15, 0.2) is 0 Å². The lowest BCUT2D eigenvalue weighted by atomic mass is 10.2. The van der Waals surface area contributed by atoms with Crippen LogP contribution in [0.1, 0.15) is 16.8 Å². The van der Waals surface area contributed by atoms with Gasteiger partial charge >= 0.3 is 0 Å². The first-order valence-electron chi connectivity index (χ1n) is 7.59. The first kappa shape index (κ1) is 18.8. The van der Waals surface area contributed by atoms with Gasteiger partial charge in [-0.05, 0) is 78.9 Å². The van der Waals surface area contributed by atoms with Gasteiger partial charge < -0.3 is 15.0 Å². The molecule has 4 nitrogen and oxygen atoms in total. The maximum atomic E-state index is 12.3. The topological polar surface area (TPSA) is 41.6 Å². The van der Waals surface area contributed by atoms with Gasteiger partial charge in [0.1, 0.15) is 5.75 Å². The van der Waals surface area contributed by atoms with Crippen molar-refractivity contribution in [2.45, 2.75) is 6.42 Å². The molecule has 0 bridgehead atoms. The van der Waals surface area contributed by atoms with Crippen molar-refractivity contribution in [2.24, 2.45) is 0 Å². The van der Waals surface area contributed by atoms with Gasteiger partial charge in [0.05, 0.1) is 12.2 Å². The third kappa shape index (κ3) is 5.82. The molecule has 0 saturated heterocycles. The van der Waals surface area contributed by atoms with Gasteiger partial charge in [0, 0.05) is 21.7 Å².